The van der Waals surface area contributed by atoms with E-state index in [1.807, 2.05) is 27.7 Å². The van der Waals surface area contributed by atoms with Gasteiger partial charge in [-0.15, -0.1) is 0 Å². The minimum Gasteiger partial charge on any atom is -0.478 e. The monoisotopic (exact) mass is 252 g/mol. The van der Waals surface area contributed by atoms with Gasteiger partial charge in [-0.1, -0.05) is 17.7 Å². The Morgan fingerprint density at radius 2 is 1.94 bits per heavy atom. The minimum atomic E-state index is -0.877. The van der Waals surface area contributed by atoms with Gasteiger partial charge in [-0.3, -0.25) is 0 Å². The average Bonchev–Trinajstić information content (AvgIpc) is 2.49. The molecule has 18 heavy (non-hydrogen) atoms. The first kappa shape index (κ1) is 15.0. The maximum atomic E-state index is 11.3. The molecule has 0 aliphatic heterocycles. The lowest BCUT2D eigenvalue weighted by atomic mass is 9.79. The molecule has 1 fully saturated rings. The zero-order valence-electron chi connectivity index (χ0n) is 11.8. The molecule has 0 unspecified atom stereocenters. The van der Waals surface area contributed by atoms with E-state index in [1.54, 1.807) is 0 Å². The summed E-state index contributed by atoms with van der Waals surface area (Å²) in [6, 6.07) is 0. The van der Waals surface area contributed by atoms with E-state index in [2.05, 4.69) is 6.58 Å². The minimum absolute atomic E-state index is 0.0454. The number of hydrogen-bond donors (Lipinski definition) is 2. The van der Waals surface area contributed by atoms with Crippen molar-refractivity contribution < 1.29 is 15.0 Å². The molecule has 0 bridgehead atoms. The van der Waals surface area contributed by atoms with Crippen molar-refractivity contribution in [3.05, 3.63) is 23.3 Å². The van der Waals surface area contributed by atoms with Crippen molar-refractivity contribution in [2.75, 3.05) is 0 Å². The van der Waals surface area contributed by atoms with Crippen molar-refractivity contribution >= 4 is 5.97 Å². The molecular weight excluding hydrogens is 228 g/mol. The largest absolute Gasteiger partial charge is 0.478 e. The predicted molar refractivity (Wildman–Crippen MR) is 72.3 cm³/mol. The third kappa shape index (κ3) is 3.02. The normalized spacial score (nSPS) is 31.2. The Morgan fingerprint density at radius 3 is 2.33 bits per heavy atom. The lowest BCUT2D eigenvalue weighted by Crippen LogP contribution is -2.33. The SMILES string of the molecule is C=C(C)[C@@H]1CC[C@](C)(O)[C@H]1CC(C(=O)O)=C(C)C. The Kier molecular flexibility index (Phi) is 4.38. The molecule has 0 saturated heterocycles. The van der Waals surface area contributed by atoms with Crippen LogP contribution in [0.15, 0.2) is 23.3 Å². The van der Waals surface area contributed by atoms with Gasteiger partial charge in [-0.25, -0.2) is 4.79 Å². The number of carboxylic acid groups (broad SMARTS) is 1. The molecule has 1 saturated carbocycles. The van der Waals surface area contributed by atoms with Gasteiger partial charge in [-0.2, -0.15) is 0 Å². The lowest BCUT2D eigenvalue weighted by molar-refractivity contribution is -0.133. The summed E-state index contributed by atoms with van der Waals surface area (Å²) >= 11 is 0. The third-order valence-electron chi connectivity index (χ3n) is 4.16. The van der Waals surface area contributed by atoms with Crippen LogP contribution in [0.1, 0.15) is 47.0 Å². The van der Waals surface area contributed by atoms with E-state index in [0.29, 0.717) is 18.4 Å². The Hall–Kier alpha value is -1.09. The van der Waals surface area contributed by atoms with Gasteiger partial charge < -0.3 is 10.2 Å². The molecule has 0 aromatic carbocycles. The highest BCUT2D eigenvalue weighted by atomic mass is 16.4. The standard InChI is InChI=1S/C15H24O3/c1-9(2)11-6-7-15(5,18)13(11)8-12(10(3)4)14(16)17/h11,13,18H,1,6-8H2,2-5H3,(H,16,17)/t11-,13-,15-/m0/s1. The summed E-state index contributed by atoms with van der Waals surface area (Å²) in [4.78, 5) is 11.3. The van der Waals surface area contributed by atoms with Gasteiger partial charge >= 0.3 is 5.97 Å². The molecule has 3 atom stereocenters. The molecule has 0 amide bonds. The smallest absolute Gasteiger partial charge is 0.331 e. The van der Waals surface area contributed by atoms with E-state index in [0.717, 1.165) is 17.6 Å². The Bertz CT molecular complexity index is 387. The van der Waals surface area contributed by atoms with E-state index in [9.17, 15) is 15.0 Å². The van der Waals surface area contributed by atoms with Crippen molar-refractivity contribution in [2.24, 2.45) is 11.8 Å². The Balaban J connectivity index is 3.01. The van der Waals surface area contributed by atoms with Crippen LogP contribution in [0.5, 0.6) is 0 Å². The molecule has 0 spiro atoms. The number of rotatable bonds is 4. The van der Waals surface area contributed by atoms with Gasteiger partial charge in [0.2, 0.25) is 0 Å². The molecule has 2 N–H and O–H groups in total. The maximum Gasteiger partial charge on any atom is 0.331 e. The molecule has 0 aromatic heterocycles. The zero-order valence-corrected chi connectivity index (χ0v) is 11.8. The second-order valence-electron chi connectivity index (χ2n) is 5.94. The molecule has 0 aromatic rings. The van der Waals surface area contributed by atoms with E-state index in [-0.39, 0.29) is 11.8 Å². The summed E-state index contributed by atoms with van der Waals surface area (Å²) in [5.41, 5.74) is 1.48. The number of aliphatic hydroxyl groups is 1. The molecule has 3 nitrogen and oxygen atoms in total. The van der Waals surface area contributed by atoms with Gasteiger partial charge in [0.25, 0.3) is 0 Å². The van der Waals surface area contributed by atoms with Crippen LogP contribution in [-0.4, -0.2) is 21.8 Å². The summed E-state index contributed by atoms with van der Waals surface area (Å²) in [6.45, 7) is 11.4. The highest BCUT2D eigenvalue weighted by molar-refractivity contribution is 5.87. The van der Waals surface area contributed by atoms with Crippen LogP contribution in [0.3, 0.4) is 0 Å². The molecule has 0 radical (unpaired) electrons. The molecule has 1 aliphatic carbocycles. The number of aliphatic carboxylic acids is 1. The van der Waals surface area contributed by atoms with Gasteiger partial charge in [0.1, 0.15) is 0 Å². The molecule has 3 heteroatoms. The Labute approximate surface area is 109 Å². The van der Waals surface area contributed by atoms with E-state index in [4.69, 9.17) is 0 Å². The molecule has 0 heterocycles. The first-order valence-electron chi connectivity index (χ1n) is 6.44. The first-order valence-corrected chi connectivity index (χ1v) is 6.44. The zero-order chi connectivity index (χ0) is 14.1. The molecular formula is C15H24O3. The predicted octanol–water partition coefficient (Wildman–Crippen LogP) is 3.15. The van der Waals surface area contributed by atoms with E-state index in [1.165, 1.54) is 0 Å². The van der Waals surface area contributed by atoms with Crippen molar-refractivity contribution in [3.8, 4) is 0 Å². The van der Waals surface area contributed by atoms with Crippen molar-refractivity contribution in [1.29, 1.82) is 0 Å². The average molecular weight is 252 g/mol. The van der Waals surface area contributed by atoms with Crippen molar-refractivity contribution in [2.45, 2.75) is 52.6 Å². The maximum absolute atomic E-state index is 11.3. The summed E-state index contributed by atoms with van der Waals surface area (Å²) in [7, 11) is 0. The van der Waals surface area contributed by atoms with Gasteiger partial charge in [-0.05, 0) is 58.8 Å². The van der Waals surface area contributed by atoms with E-state index < -0.39 is 11.6 Å². The van der Waals surface area contributed by atoms with Crippen molar-refractivity contribution in [3.63, 3.8) is 0 Å². The molecule has 1 rings (SSSR count). The second-order valence-corrected chi connectivity index (χ2v) is 5.94. The van der Waals surface area contributed by atoms with Crippen LogP contribution in [0.4, 0.5) is 0 Å². The quantitative estimate of drug-likeness (QED) is 0.597. The van der Waals surface area contributed by atoms with Gasteiger partial charge in [0, 0.05) is 5.57 Å². The van der Waals surface area contributed by atoms with Gasteiger partial charge in [0.05, 0.1) is 5.60 Å². The van der Waals surface area contributed by atoms with Crippen LogP contribution < -0.4 is 0 Å². The van der Waals surface area contributed by atoms with Crippen molar-refractivity contribution in [1.82, 2.24) is 0 Å². The van der Waals surface area contributed by atoms with Crippen LogP contribution in [0.25, 0.3) is 0 Å². The fraction of sp³-hybridized carbons (Fsp3) is 0.667. The van der Waals surface area contributed by atoms with Crippen LogP contribution in [0, 0.1) is 11.8 Å². The number of allylic oxidation sites excluding steroid dienone is 2. The summed E-state index contributed by atoms with van der Waals surface area (Å²) in [5.74, 6) is -0.706. The highest BCUT2D eigenvalue weighted by Crippen LogP contribution is 2.46. The lowest BCUT2D eigenvalue weighted by Gasteiger charge is -2.30. The van der Waals surface area contributed by atoms with Gasteiger partial charge in [0.15, 0.2) is 0 Å². The number of carboxylic acids is 1. The van der Waals surface area contributed by atoms with Crippen LogP contribution in [-0.2, 0) is 4.79 Å². The first-order chi connectivity index (χ1) is 8.16. The third-order valence-corrected chi connectivity index (χ3v) is 4.16. The number of carbonyl (C=O) groups is 1. The summed E-state index contributed by atoms with van der Waals surface area (Å²) in [5, 5.41) is 19.7. The fourth-order valence-electron chi connectivity index (χ4n) is 2.94. The highest BCUT2D eigenvalue weighted by Gasteiger charge is 2.44. The Morgan fingerprint density at radius 1 is 1.39 bits per heavy atom. The fourth-order valence-corrected chi connectivity index (χ4v) is 2.94. The van der Waals surface area contributed by atoms with Crippen LogP contribution in [0.2, 0.25) is 0 Å². The van der Waals surface area contributed by atoms with E-state index >= 15 is 0 Å². The summed E-state index contributed by atoms with van der Waals surface area (Å²) < 4.78 is 0. The second kappa shape index (κ2) is 5.27. The van der Waals surface area contributed by atoms with Crippen LogP contribution >= 0.6 is 0 Å². The summed E-state index contributed by atoms with van der Waals surface area (Å²) in [6.07, 6.45) is 2.02. The number of hydrogen-bond acceptors (Lipinski definition) is 2. The molecule has 102 valence electrons. The topological polar surface area (TPSA) is 57.5 Å². The molecule has 1 aliphatic rings.